The third-order valence-corrected chi connectivity index (χ3v) is 7.37. The van der Waals surface area contributed by atoms with Crippen molar-refractivity contribution >= 4 is 16.9 Å². The molecule has 0 aliphatic carbocycles. The monoisotopic (exact) mass is 511 g/mol. The van der Waals surface area contributed by atoms with Crippen LogP contribution < -0.4 is 10.2 Å². The molecule has 3 aromatic heterocycles. The number of fused-ring (bicyclic) bond motifs is 1. The lowest BCUT2D eigenvalue weighted by Gasteiger charge is -2.35. The largest absolute Gasteiger partial charge is 0.354 e. The summed E-state index contributed by atoms with van der Waals surface area (Å²) in [6, 6.07) is 12.4. The highest BCUT2D eigenvalue weighted by molar-refractivity contribution is 5.87. The minimum absolute atomic E-state index is 0.119. The zero-order valence-electron chi connectivity index (χ0n) is 20.9. The molecule has 0 saturated carbocycles. The number of anilines is 1. The van der Waals surface area contributed by atoms with Crippen LogP contribution in [0, 0.1) is 23.0 Å². The molecular formula is C29H27F2N7. The van der Waals surface area contributed by atoms with Crippen molar-refractivity contribution in [3.63, 3.8) is 0 Å². The maximum absolute atomic E-state index is 14.1. The Balaban J connectivity index is 1.22. The van der Waals surface area contributed by atoms with Crippen LogP contribution in [-0.2, 0) is 6.54 Å². The van der Waals surface area contributed by atoms with Gasteiger partial charge in [-0.05, 0) is 54.4 Å². The van der Waals surface area contributed by atoms with Gasteiger partial charge < -0.3 is 10.2 Å². The molecule has 0 radical (unpaired) electrons. The van der Waals surface area contributed by atoms with E-state index >= 15 is 0 Å². The second-order valence-electron chi connectivity index (χ2n) is 9.66. The molecule has 0 spiro atoms. The van der Waals surface area contributed by atoms with Gasteiger partial charge in [0, 0.05) is 68.4 Å². The summed E-state index contributed by atoms with van der Waals surface area (Å²) < 4.78 is 29.9. The first-order valence-electron chi connectivity index (χ1n) is 12.8. The highest BCUT2D eigenvalue weighted by Crippen LogP contribution is 2.32. The van der Waals surface area contributed by atoms with E-state index in [1.165, 1.54) is 23.8 Å². The van der Waals surface area contributed by atoms with Crippen LogP contribution in [0.3, 0.4) is 0 Å². The molecule has 1 aromatic carbocycles. The molecule has 2 aliphatic rings. The minimum atomic E-state index is -0.503. The van der Waals surface area contributed by atoms with E-state index in [1.807, 2.05) is 24.5 Å². The third kappa shape index (κ3) is 4.64. The van der Waals surface area contributed by atoms with Crippen LogP contribution in [0.5, 0.6) is 0 Å². The lowest BCUT2D eigenvalue weighted by Crippen LogP contribution is -2.46. The van der Waals surface area contributed by atoms with E-state index < -0.39 is 11.6 Å². The zero-order chi connectivity index (χ0) is 26.1. The summed E-state index contributed by atoms with van der Waals surface area (Å²) in [5, 5.41) is 17.5. The van der Waals surface area contributed by atoms with E-state index in [4.69, 9.17) is 4.98 Å². The number of piperazine rings is 1. The van der Waals surface area contributed by atoms with Gasteiger partial charge in [-0.1, -0.05) is 12.1 Å². The lowest BCUT2D eigenvalue weighted by atomic mass is 9.97. The van der Waals surface area contributed by atoms with Gasteiger partial charge in [0.25, 0.3) is 0 Å². The third-order valence-electron chi connectivity index (χ3n) is 7.37. The molecule has 0 atom stereocenters. The maximum Gasteiger partial charge on any atom is 0.130 e. The molecule has 0 bridgehead atoms. The molecule has 1 saturated heterocycles. The molecule has 1 fully saturated rings. The number of nitrogens with one attached hydrogen (secondary N) is 1. The molecule has 0 amide bonds. The first-order chi connectivity index (χ1) is 18.6. The predicted octanol–water partition coefficient (Wildman–Crippen LogP) is 4.25. The standard InChI is InChI=1S/C29H27F2N7/c30-26-2-1-3-27(31)25(26)19-36-10-12-37(13-11-36)28-5-4-21(16-34-28)24-14-22(20-6-8-33-9-7-20)18-38-29(24)23(15-32)17-35-38/h1-6,14,16-18,33H,7-13,19H2. The number of nitrogens with zero attached hydrogens (tertiary/aromatic N) is 6. The van der Waals surface area contributed by atoms with Gasteiger partial charge in [-0.3, -0.25) is 4.90 Å². The van der Waals surface area contributed by atoms with E-state index in [-0.39, 0.29) is 12.1 Å². The van der Waals surface area contributed by atoms with E-state index in [0.717, 1.165) is 47.5 Å². The van der Waals surface area contributed by atoms with Gasteiger partial charge >= 0.3 is 0 Å². The second kappa shape index (κ2) is 10.3. The number of benzene rings is 1. The van der Waals surface area contributed by atoms with Crippen LogP contribution in [0.4, 0.5) is 14.6 Å². The first kappa shape index (κ1) is 24.2. The average Bonchev–Trinajstić information content (AvgIpc) is 3.39. The van der Waals surface area contributed by atoms with Crippen molar-refractivity contribution < 1.29 is 8.78 Å². The normalized spacial score (nSPS) is 16.4. The minimum Gasteiger partial charge on any atom is -0.354 e. The molecule has 9 heteroatoms. The Morgan fingerprint density at radius 2 is 1.82 bits per heavy atom. The van der Waals surface area contributed by atoms with Gasteiger partial charge in [0.15, 0.2) is 0 Å². The van der Waals surface area contributed by atoms with Crippen molar-refractivity contribution in [1.82, 2.24) is 24.8 Å². The molecule has 4 aromatic rings. The smallest absolute Gasteiger partial charge is 0.130 e. The van der Waals surface area contributed by atoms with Crippen molar-refractivity contribution in [2.45, 2.75) is 13.0 Å². The fourth-order valence-electron chi connectivity index (χ4n) is 5.26. The van der Waals surface area contributed by atoms with E-state index in [1.54, 1.807) is 10.7 Å². The molecule has 7 nitrogen and oxygen atoms in total. The summed E-state index contributed by atoms with van der Waals surface area (Å²) in [5.41, 5.74) is 5.61. The SMILES string of the molecule is N#Cc1cnn2cc(C3=CCNCC3)cc(-c3ccc(N4CCN(Cc5c(F)cccc5F)CC4)nc3)c12. The Morgan fingerprint density at radius 3 is 2.50 bits per heavy atom. The first-order valence-corrected chi connectivity index (χ1v) is 12.8. The Hall–Kier alpha value is -4.13. The highest BCUT2D eigenvalue weighted by Gasteiger charge is 2.21. The second-order valence-corrected chi connectivity index (χ2v) is 9.66. The van der Waals surface area contributed by atoms with Gasteiger partial charge in [0.1, 0.15) is 23.5 Å². The van der Waals surface area contributed by atoms with Crippen LogP contribution in [0.2, 0.25) is 0 Å². The average molecular weight is 512 g/mol. The Labute approximate surface area is 219 Å². The lowest BCUT2D eigenvalue weighted by molar-refractivity contribution is 0.242. The summed E-state index contributed by atoms with van der Waals surface area (Å²) in [4.78, 5) is 9.00. The van der Waals surface area contributed by atoms with E-state index in [2.05, 4.69) is 38.4 Å². The highest BCUT2D eigenvalue weighted by atomic mass is 19.1. The van der Waals surface area contributed by atoms with Crippen molar-refractivity contribution in [1.29, 1.82) is 5.26 Å². The van der Waals surface area contributed by atoms with Gasteiger partial charge in [0.2, 0.25) is 0 Å². The molecule has 38 heavy (non-hydrogen) atoms. The van der Waals surface area contributed by atoms with Crippen molar-refractivity contribution in [3.05, 3.63) is 89.4 Å². The number of aromatic nitrogens is 3. The Morgan fingerprint density at radius 1 is 1.00 bits per heavy atom. The predicted molar refractivity (Wildman–Crippen MR) is 142 cm³/mol. The van der Waals surface area contributed by atoms with Gasteiger partial charge in [-0.15, -0.1) is 0 Å². The van der Waals surface area contributed by atoms with Crippen LogP contribution in [-0.4, -0.2) is 58.8 Å². The number of pyridine rings is 2. The van der Waals surface area contributed by atoms with Gasteiger partial charge in [-0.25, -0.2) is 18.3 Å². The van der Waals surface area contributed by atoms with Crippen molar-refractivity contribution in [3.8, 4) is 17.2 Å². The number of hydrogen-bond donors (Lipinski definition) is 1. The van der Waals surface area contributed by atoms with Crippen LogP contribution in [0.15, 0.2) is 61.1 Å². The molecular weight excluding hydrogens is 484 g/mol. The number of hydrogen-bond acceptors (Lipinski definition) is 6. The molecule has 192 valence electrons. The molecule has 1 N–H and O–H groups in total. The fourth-order valence-corrected chi connectivity index (χ4v) is 5.26. The fraction of sp³-hybridized carbons (Fsp3) is 0.276. The summed E-state index contributed by atoms with van der Waals surface area (Å²) in [7, 11) is 0. The van der Waals surface area contributed by atoms with Crippen LogP contribution >= 0.6 is 0 Å². The number of rotatable bonds is 5. The van der Waals surface area contributed by atoms with E-state index in [0.29, 0.717) is 31.7 Å². The summed E-state index contributed by atoms with van der Waals surface area (Å²) in [6.07, 6.45) is 8.58. The van der Waals surface area contributed by atoms with Crippen molar-refractivity contribution in [2.24, 2.45) is 0 Å². The number of nitriles is 1. The summed E-state index contributed by atoms with van der Waals surface area (Å²) in [5.74, 6) is -0.151. The molecule has 6 rings (SSSR count). The maximum atomic E-state index is 14.1. The molecule has 0 unspecified atom stereocenters. The molecule has 5 heterocycles. The van der Waals surface area contributed by atoms with Crippen LogP contribution in [0.1, 0.15) is 23.1 Å². The quantitative estimate of drug-likeness (QED) is 0.432. The summed E-state index contributed by atoms with van der Waals surface area (Å²) >= 11 is 0. The van der Waals surface area contributed by atoms with Gasteiger partial charge in [0.05, 0.1) is 17.3 Å². The molecule has 2 aliphatic heterocycles. The Kier molecular flexibility index (Phi) is 6.58. The Bertz CT molecular complexity index is 1520. The zero-order valence-corrected chi connectivity index (χ0v) is 20.9. The van der Waals surface area contributed by atoms with E-state index in [9.17, 15) is 14.0 Å². The van der Waals surface area contributed by atoms with Crippen LogP contribution in [0.25, 0.3) is 22.2 Å². The van der Waals surface area contributed by atoms with Gasteiger partial charge in [-0.2, -0.15) is 10.4 Å². The van der Waals surface area contributed by atoms with Crippen molar-refractivity contribution in [2.75, 3.05) is 44.2 Å². The number of halogens is 2. The topological polar surface area (TPSA) is 72.5 Å². The summed E-state index contributed by atoms with van der Waals surface area (Å²) in [6.45, 7) is 4.82.